The maximum absolute atomic E-state index is 14.6. The van der Waals surface area contributed by atoms with Gasteiger partial charge in [-0.15, -0.1) is 0 Å². The Morgan fingerprint density at radius 1 is 1.25 bits per heavy atom. The van der Waals surface area contributed by atoms with Crippen LogP contribution in [0.15, 0.2) is 67.2 Å². The smallest absolute Gasteiger partial charge is 0.425 e. The van der Waals surface area contributed by atoms with Crippen LogP contribution in [0.2, 0.25) is 0 Å². The molecule has 1 aromatic carbocycles. The molecular formula is C25H20F4N4O3. The quantitative estimate of drug-likeness (QED) is 0.384. The number of benzene rings is 1. The van der Waals surface area contributed by atoms with Crippen molar-refractivity contribution in [3.63, 3.8) is 0 Å². The summed E-state index contributed by atoms with van der Waals surface area (Å²) in [6.45, 7) is 0.805. The summed E-state index contributed by atoms with van der Waals surface area (Å²) < 4.78 is 60.4. The first-order chi connectivity index (χ1) is 16.9. The number of aliphatic carboxylic acids is 1. The third-order valence-corrected chi connectivity index (χ3v) is 6.28. The van der Waals surface area contributed by atoms with Crippen LogP contribution in [0.25, 0.3) is 27.6 Å². The first-order valence-electron chi connectivity index (χ1n) is 10.9. The number of pyridine rings is 1. The fourth-order valence-corrected chi connectivity index (χ4v) is 4.47. The van der Waals surface area contributed by atoms with E-state index in [9.17, 15) is 32.6 Å². The van der Waals surface area contributed by atoms with Gasteiger partial charge < -0.3 is 14.8 Å². The van der Waals surface area contributed by atoms with Gasteiger partial charge in [0.05, 0.1) is 17.4 Å². The number of fused-ring (bicyclic) bond motifs is 2. The van der Waals surface area contributed by atoms with Gasteiger partial charge in [-0.3, -0.25) is 4.79 Å². The number of aromatic nitrogens is 4. The molecule has 36 heavy (non-hydrogen) atoms. The highest BCUT2D eigenvalue weighted by Crippen LogP contribution is 2.47. The van der Waals surface area contributed by atoms with Crippen LogP contribution in [-0.4, -0.2) is 47.4 Å². The van der Waals surface area contributed by atoms with Gasteiger partial charge in [-0.05, 0) is 48.9 Å². The van der Waals surface area contributed by atoms with Crippen LogP contribution >= 0.6 is 0 Å². The van der Waals surface area contributed by atoms with Crippen molar-refractivity contribution in [1.82, 2.24) is 19.3 Å². The molecule has 5 rings (SSSR count). The number of halogens is 4. The number of carboxylic acid groups (broad SMARTS) is 1. The first kappa shape index (κ1) is 23.7. The molecule has 0 bridgehead atoms. The molecular weight excluding hydrogens is 480 g/mol. The average molecular weight is 500 g/mol. The minimum atomic E-state index is -5.16. The van der Waals surface area contributed by atoms with Crippen LogP contribution < -0.4 is 0 Å². The Morgan fingerprint density at radius 3 is 2.69 bits per heavy atom. The SMILES string of the molecule is CC1(F)C=CC(n2ncc3cc(C(O)(c4cn(CC(=O)O)c5ncccc45)C(F)(F)F)ccc32)=CC1. The van der Waals surface area contributed by atoms with Crippen molar-refractivity contribution in [1.29, 1.82) is 0 Å². The number of rotatable bonds is 5. The lowest BCUT2D eigenvalue weighted by molar-refractivity contribution is -0.247. The van der Waals surface area contributed by atoms with Crippen molar-refractivity contribution in [2.24, 2.45) is 0 Å². The van der Waals surface area contributed by atoms with Gasteiger partial charge in [0.1, 0.15) is 17.9 Å². The maximum atomic E-state index is 14.6. The van der Waals surface area contributed by atoms with E-state index >= 15 is 0 Å². The summed E-state index contributed by atoms with van der Waals surface area (Å²) in [7, 11) is 0. The van der Waals surface area contributed by atoms with Gasteiger partial charge in [0.25, 0.3) is 0 Å². The van der Waals surface area contributed by atoms with Gasteiger partial charge in [0.15, 0.2) is 0 Å². The van der Waals surface area contributed by atoms with Crippen LogP contribution in [-0.2, 0) is 16.9 Å². The average Bonchev–Trinajstić information content (AvgIpc) is 3.39. The normalized spacial score (nSPS) is 20.0. The Kier molecular flexibility index (Phi) is 5.29. The van der Waals surface area contributed by atoms with Gasteiger partial charge in [-0.25, -0.2) is 14.1 Å². The van der Waals surface area contributed by atoms with Gasteiger partial charge in [-0.1, -0.05) is 12.1 Å². The Balaban J connectivity index is 1.66. The second-order valence-corrected chi connectivity index (χ2v) is 8.92. The number of alkyl halides is 4. The summed E-state index contributed by atoms with van der Waals surface area (Å²) in [5.41, 5.74) is -4.91. The molecule has 11 heteroatoms. The molecule has 4 aromatic rings. The molecule has 7 nitrogen and oxygen atoms in total. The highest BCUT2D eigenvalue weighted by molar-refractivity contribution is 5.86. The molecule has 0 saturated carbocycles. The molecule has 3 aromatic heterocycles. The zero-order chi connectivity index (χ0) is 25.9. The van der Waals surface area contributed by atoms with Crippen LogP contribution in [0.5, 0.6) is 0 Å². The molecule has 1 aliphatic rings. The van der Waals surface area contributed by atoms with Gasteiger partial charge >= 0.3 is 12.1 Å². The van der Waals surface area contributed by atoms with Gasteiger partial charge in [-0.2, -0.15) is 18.3 Å². The van der Waals surface area contributed by atoms with Crippen molar-refractivity contribution in [2.75, 3.05) is 0 Å². The monoisotopic (exact) mass is 500 g/mol. The van der Waals surface area contributed by atoms with E-state index in [1.165, 1.54) is 54.3 Å². The molecule has 1 aliphatic carbocycles. The van der Waals surface area contributed by atoms with Crippen molar-refractivity contribution in [3.05, 3.63) is 78.3 Å². The number of hydrogen-bond donors (Lipinski definition) is 2. The molecule has 0 aliphatic heterocycles. The van der Waals surface area contributed by atoms with Crippen molar-refractivity contribution >= 4 is 33.6 Å². The summed E-state index contributed by atoms with van der Waals surface area (Å²) in [4.78, 5) is 15.3. The minimum absolute atomic E-state index is 0.00218. The topological polar surface area (TPSA) is 93.2 Å². The molecule has 0 amide bonds. The summed E-state index contributed by atoms with van der Waals surface area (Å²) in [5, 5.41) is 25.0. The highest BCUT2D eigenvalue weighted by Gasteiger charge is 2.57. The summed E-state index contributed by atoms with van der Waals surface area (Å²) in [5.74, 6) is -1.27. The summed E-state index contributed by atoms with van der Waals surface area (Å²) >= 11 is 0. The van der Waals surface area contributed by atoms with Crippen molar-refractivity contribution < 1.29 is 32.6 Å². The van der Waals surface area contributed by atoms with Crippen molar-refractivity contribution in [3.8, 4) is 0 Å². The van der Waals surface area contributed by atoms with Gasteiger partial charge in [0, 0.05) is 35.2 Å². The highest BCUT2D eigenvalue weighted by atomic mass is 19.4. The predicted octanol–water partition coefficient (Wildman–Crippen LogP) is 4.80. The second-order valence-electron chi connectivity index (χ2n) is 8.92. The van der Waals surface area contributed by atoms with E-state index in [0.29, 0.717) is 16.6 Å². The van der Waals surface area contributed by atoms with Crippen molar-refractivity contribution in [2.45, 2.75) is 37.3 Å². The van der Waals surface area contributed by atoms with Crippen LogP contribution in [0.1, 0.15) is 24.5 Å². The fourth-order valence-electron chi connectivity index (χ4n) is 4.47. The summed E-state index contributed by atoms with van der Waals surface area (Å²) in [6, 6.07) is 6.51. The number of allylic oxidation sites excluding steroid dienone is 4. The van der Waals surface area contributed by atoms with E-state index in [2.05, 4.69) is 10.1 Å². The molecule has 2 atom stereocenters. The van der Waals surface area contributed by atoms with Crippen LogP contribution in [0.3, 0.4) is 0 Å². The van der Waals surface area contributed by atoms with E-state index in [1.807, 2.05) is 0 Å². The van der Waals surface area contributed by atoms with Gasteiger partial charge in [0.2, 0.25) is 5.60 Å². The molecule has 2 unspecified atom stereocenters. The standard InChI is InChI=1S/C25H20F4N4O3/c1-23(26)8-6-17(7-9-23)33-20-5-4-16(11-15(20)12-31-33)24(36,25(27,28)29)19-13-32(14-21(34)35)22-18(19)3-2-10-30-22/h2-8,10-13,36H,9,14H2,1H3,(H,34,35). The molecule has 0 radical (unpaired) electrons. The van der Waals surface area contributed by atoms with Crippen LogP contribution in [0, 0.1) is 0 Å². The lowest BCUT2D eigenvalue weighted by Gasteiger charge is -2.31. The lowest BCUT2D eigenvalue weighted by atomic mass is 9.85. The van der Waals surface area contributed by atoms with E-state index < -0.39 is 41.1 Å². The Bertz CT molecular complexity index is 1560. The number of hydrogen-bond acceptors (Lipinski definition) is 4. The Morgan fingerprint density at radius 2 is 2.03 bits per heavy atom. The number of carbonyl (C=O) groups is 1. The number of aliphatic hydroxyl groups is 1. The Labute approximate surface area is 201 Å². The largest absolute Gasteiger partial charge is 0.480 e. The van der Waals surface area contributed by atoms with E-state index in [-0.39, 0.29) is 17.5 Å². The van der Waals surface area contributed by atoms with Crippen LogP contribution in [0.4, 0.5) is 17.6 Å². The molecule has 3 heterocycles. The number of nitrogens with zero attached hydrogens (tertiary/aromatic N) is 4. The predicted molar refractivity (Wildman–Crippen MR) is 124 cm³/mol. The molecule has 0 spiro atoms. The summed E-state index contributed by atoms with van der Waals surface area (Å²) in [6.07, 6.45) is 3.23. The third-order valence-electron chi connectivity index (χ3n) is 6.28. The zero-order valence-electron chi connectivity index (χ0n) is 18.9. The third kappa shape index (κ3) is 3.76. The fraction of sp³-hybridized carbons (Fsp3) is 0.240. The van der Waals surface area contributed by atoms with E-state index in [1.54, 1.807) is 12.2 Å². The van der Waals surface area contributed by atoms with E-state index in [4.69, 9.17) is 0 Å². The minimum Gasteiger partial charge on any atom is -0.480 e. The first-order valence-corrected chi connectivity index (χ1v) is 10.9. The molecule has 186 valence electrons. The zero-order valence-corrected chi connectivity index (χ0v) is 18.9. The molecule has 0 fully saturated rings. The molecule has 2 N–H and O–H groups in total. The van der Waals surface area contributed by atoms with E-state index in [0.717, 1.165) is 16.8 Å². The lowest BCUT2D eigenvalue weighted by Crippen LogP contribution is -2.43. The number of carboxylic acids is 1. The second kappa shape index (κ2) is 8.02. The maximum Gasteiger partial charge on any atom is 0.425 e. The molecule has 0 saturated heterocycles. The Hall–Kier alpha value is -3.99.